The Balaban J connectivity index is 1.28. The molecule has 9 heteroatoms. The number of pyridine rings is 4. The zero-order chi connectivity index (χ0) is 21.8. The first-order valence-electron chi connectivity index (χ1n) is 9.75. The summed E-state index contributed by atoms with van der Waals surface area (Å²) < 4.78 is 0. The van der Waals surface area contributed by atoms with Crippen LogP contribution in [0.15, 0.2) is 48.5 Å². The van der Waals surface area contributed by atoms with Crippen LogP contribution in [0.1, 0.15) is 11.4 Å². The van der Waals surface area contributed by atoms with Gasteiger partial charge in [0.1, 0.15) is 11.6 Å². The molecule has 4 aromatic heterocycles. The predicted octanol–water partition coefficient (Wildman–Crippen LogP) is 2.36. The van der Waals surface area contributed by atoms with Gasteiger partial charge in [-0.25, -0.2) is 19.9 Å². The first kappa shape index (κ1) is 20.3. The average molecular weight is 415 g/mol. The van der Waals surface area contributed by atoms with Gasteiger partial charge in [-0.05, 0) is 62.4 Å². The van der Waals surface area contributed by atoms with E-state index in [1.165, 1.54) is 0 Å². The summed E-state index contributed by atoms with van der Waals surface area (Å²) in [6.07, 6.45) is 0. The van der Waals surface area contributed by atoms with E-state index in [4.69, 9.17) is 0 Å². The summed E-state index contributed by atoms with van der Waals surface area (Å²) in [4.78, 5) is 41.7. The van der Waals surface area contributed by atoms with Gasteiger partial charge in [-0.1, -0.05) is 0 Å². The summed E-state index contributed by atoms with van der Waals surface area (Å²) in [6.45, 7) is 3.68. The van der Waals surface area contributed by atoms with E-state index in [0.29, 0.717) is 22.9 Å². The SMILES string of the molecule is Cc1ccc2ccc(NC(=O)CNCC(=O)Nc3ccc4ccc(C)nc4n3)nc2n1. The van der Waals surface area contributed by atoms with Crippen molar-refractivity contribution >= 4 is 45.5 Å². The maximum absolute atomic E-state index is 12.1. The molecule has 2 amide bonds. The number of hydrogen-bond acceptors (Lipinski definition) is 7. The molecule has 0 spiro atoms. The van der Waals surface area contributed by atoms with Crippen molar-refractivity contribution in [2.45, 2.75) is 13.8 Å². The monoisotopic (exact) mass is 415 g/mol. The minimum atomic E-state index is -0.309. The van der Waals surface area contributed by atoms with Gasteiger partial charge >= 0.3 is 0 Å². The number of hydrogen-bond donors (Lipinski definition) is 3. The molecule has 4 heterocycles. The minimum absolute atomic E-state index is 0.0414. The minimum Gasteiger partial charge on any atom is -0.310 e. The fourth-order valence-corrected chi connectivity index (χ4v) is 2.99. The fraction of sp³-hybridized carbons (Fsp3) is 0.182. The van der Waals surface area contributed by atoms with E-state index in [1.807, 2.05) is 50.2 Å². The van der Waals surface area contributed by atoms with Crippen LogP contribution in [0.5, 0.6) is 0 Å². The molecule has 0 aliphatic carbocycles. The van der Waals surface area contributed by atoms with Gasteiger partial charge in [0.15, 0.2) is 11.3 Å². The van der Waals surface area contributed by atoms with Crippen LogP contribution >= 0.6 is 0 Å². The number of anilines is 2. The van der Waals surface area contributed by atoms with E-state index in [9.17, 15) is 9.59 Å². The van der Waals surface area contributed by atoms with Crippen molar-refractivity contribution in [2.75, 3.05) is 23.7 Å². The van der Waals surface area contributed by atoms with Gasteiger partial charge in [0.05, 0.1) is 13.1 Å². The normalized spacial score (nSPS) is 10.9. The highest BCUT2D eigenvalue weighted by molar-refractivity contribution is 5.95. The number of rotatable bonds is 6. The van der Waals surface area contributed by atoms with Gasteiger partial charge in [-0.3, -0.25) is 14.9 Å². The molecule has 0 fully saturated rings. The van der Waals surface area contributed by atoms with E-state index < -0.39 is 0 Å². The lowest BCUT2D eigenvalue weighted by molar-refractivity contribution is -0.116. The third-order valence-corrected chi connectivity index (χ3v) is 4.49. The summed E-state index contributed by atoms with van der Waals surface area (Å²) in [6, 6.07) is 14.8. The summed E-state index contributed by atoms with van der Waals surface area (Å²) in [7, 11) is 0. The van der Waals surface area contributed by atoms with Crippen LogP contribution in [0.25, 0.3) is 22.1 Å². The van der Waals surface area contributed by atoms with E-state index in [0.717, 1.165) is 22.2 Å². The highest BCUT2D eigenvalue weighted by Crippen LogP contribution is 2.14. The third kappa shape index (κ3) is 5.14. The van der Waals surface area contributed by atoms with Crippen LogP contribution in [-0.2, 0) is 9.59 Å². The molecule has 9 nitrogen and oxygen atoms in total. The number of carbonyl (C=O) groups excluding carboxylic acids is 2. The zero-order valence-electron chi connectivity index (χ0n) is 17.1. The quantitative estimate of drug-likeness (QED) is 0.442. The van der Waals surface area contributed by atoms with Crippen molar-refractivity contribution in [1.82, 2.24) is 25.3 Å². The Morgan fingerprint density at radius 1 is 0.645 bits per heavy atom. The van der Waals surface area contributed by atoms with Gasteiger partial charge in [0.2, 0.25) is 11.8 Å². The molecule has 0 bridgehead atoms. The van der Waals surface area contributed by atoms with Gasteiger partial charge in [0, 0.05) is 22.2 Å². The Morgan fingerprint density at radius 3 is 1.52 bits per heavy atom. The molecule has 0 unspecified atom stereocenters. The second-order valence-corrected chi connectivity index (χ2v) is 7.09. The Labute approximate surface area is 178 Å². The van der Waals surface area contributed by atoms with Gasteiger partial charge in [-0.2, -0.15) is 0 Å². The first-order valence-corrected chi connectivity index (χ1v) is 9.75. The number of nitrogens with zero attached hydrogens (tertiary/aromatic N) is 4. The van der Waals surface area contributed by atoms with Crippen molar-refractivity contribution in [3.05, 3.63) is 59.9 Å². The zero-order valence-corrected chi connectivity index (χ0v) is 17.1. The largest absolute Gasteiger partial charge is 0.310 e. The Morgan fingerprint density at radius 2 is 1.06 bits per heavy atom. The van der Waals surface area contributed by atoms with Crippen LogP contribution < -0.4 is 16.0 Å². The maximum atomic E-state index is 12.1. The first-order chi connectivity index (χ1) is 15.0. The lowest BCUT2D eigenvalue weighted by atomic mass is 10.2. The van der Waals surface area contributed by atoms with E-state index in [-0.39, 0.29) is 24.9 Å². The van der Waals surface area contributed by atoms with Gasteiger partial charge < -0.3 is 10.6 Å². The van der Waals surface area contributed by atoms with Gasteiger partial charge in [0.25, 0.3) is 0 Å². The molecule has 0 saturated carbocycles. The number of fused-ring (bicyclic) bond motifs is 2. The lowest BCUT2D eigenvalue weighted by Crippen LogP contribution is -2.34. The molecule has 4 aromatic rings. The van der Waals surface area contributed by atoms with Crippen molar-refractivity contribution < 1.29 is 9.59 Å². The maximum Gasteiger partial charge on any atom is 0.239 e. The second-order valence-electron chi connectivity index (χ2n) is 7.09. The van der Waals surface area contributed by atoms with Crippen LogP contribution in [0.4, 0.5) is 11.6 Å². The number of amides is 2. The fourth-order valence-electron chi connectivity index (χ4n) is 2.99. The number of aromatic nitrogens is 4. The molecule has 4 rings (SSSR count). The summed E-state index contributed by atoms with van der Waals surface area (Å²) >= 11 is 0. The highest BCUT2D eigenvalue weighted by Gasteiger charge is 2.08. The van der Waals surface area contributed by atoms with Crippen molar-refractivity contribution in [2.24, 2.45) is 0 Å². The molecule has 0 aliphatic heterocycles. The summed E-state index contributed by atoms with van der Waals surface area (Å²) in [5.74, 6) is 0.196. The molecule has 0 aromatic carbocycles. The molecule has 0 aliphatic rings. The van der Waals surface area contributed by atoms with E-state index >= 15 is 0 Å². The van der Waals surface area contributed by atoms with Crippen molar-refractivity contribution in [3.8, 4) is 0 Å². The summed E-state index contributed by atoms with van der Waals surface area (Å²) in [5, 5.41) is 9.99. The second kappa shape index (κ2) is 8.80. The average Bonchev–Trinajstić information content (AvgIpc) is 2.73. The molecule has 156 valence electrons. The summed E-state index contributed by atoms with van der Waals surface area (Å²) in [5.41, 5.74) is 2.83. The number of aryl methyl sites for hydroxylation is 2. The van der Waals surface area contributed by atoms with Crippen molar-refractivity contribution in [1.29, 1.82) is 0 Å². The lowest BCUT2D eigenvalue weighted by Gasteiger charge is -2.08. The third-order valence-electron chi connectivity index (χ3n) is 4.49. The van der Waals surface area contributed by atoms with Crippen LogP contribution in [0.2, 0.25) is 0 Å². The van der Waals surface area contributed by atoms with Crippen LogP contribution in [0, 0.1) is 13.8 Å². The molecule has 0 radical (unpaired) electrons. The van der Waals surface area contributed by atoms with E-state index in [1.54, 1.807) is 12.1 Å². The topological polar surface area (TPSA) is 122 Å². The molecular weight excluding hydrogens is 394 g/mol. The van der Waals surface area contributed by atoms with Gasteiger partial charge in [-0.15, -0.1) is 0 Å². The molecule has 0 saturated heterocycles. The highest BCUT2D eigenvalue weighted by atomic mass is 16.2. The predicted molar refractivity (Wildman–Crippen MR) is 119 cm³/mol. The Bertz CT molecular complexity index is 1190. The van der Waals surface area contributed by atoms with E-state index in [2.05, 4.69) is 35.9 Å². The standard InChI is InChI=1S/C22H21N7O2/c1-13-3-5-15-7-9-17(28-21(15)24-13)26-19(30)11-23-12-20(31)27-18-10-8-16-6-4-14(2)25-22(16)29-18/h3-10,23H,11-12H2,1-2H3,(H,24,26,28,30)(H,25,27,29,31). The Kier molecular flexibility index (Phi) is 5.76. The Hall–Kier alpha value is -3.98. The molecule has 0 atom stereocenters. The smallest absolute Gasteiger partial charge is 0.239 e. The molecule has 3 N–H and O–H groups in total. The number of carbonyl (C=O) groups is 2. The van der Waals surface area contributed by atoms with Crippen LogP contribution in [0.3, 0.4) is 0 Å². The molecule has 31 heavy (non-hydrogen) atoms. The van der Waals surface area contributed by atoms with Crippen molar-refractivity contribution in [3.63, 3.8) is 0 Å². The molecular formula is C22H21N7O2. The number of nitrogens with one attached hydrogen (secondary N) is 3. The van der Waals surface area contributed by atoms with Crippen LogP contribution in [-0.4, -0.2) is 44.8 Å².